The predicted molar refractivity (Wildman–Crippen MR) is 117 cm³/mol. The third-order valence-electron chi connectivity index (χ3n) is 5.45. The summed E-state index contributed by atoms with van der Waals surface area (Å²) in [6.07, 6.45) is 14.6. The molecule has 1 aliphatic rings. The third kappa shape index (κ3) is 3.22. The molecule has 3 aromatic rings. The van der Waals surface area contributed by atoms with Crippen molar-refractivity contribution in [1.29, 1.82) is 0 Å². The van der Waals surface area contributed by atoms with Crippen LogP contribution in [-0.4, -0.2) is 9.97 Å². The van der Waals surface area contributed by atoms with Gasteiger partial charge in [-0.05, 0) is 46.9 Å². The summed E-state index contributed by atoms with van der Waals surface area (Å²) in [5.74, 6) is 0.743. The van der Waals surface area contributed by atoms with E-state index in [1.807, 2.05) is 18.5 Å². The van der Waals surface area contributed by atoms with Crippen molar-refractivity contribution in [3.63, 3.8) is 0 Å². The van der Waals surface area contributed by atoms with Crippen molar-refractivity contribution >= 4 is 12.7 Å². The molecule has 2 aromatic heterocycles. The van der Waals surface area contributed by atoms with E-state index >= 15 is 0 Å². The van der Waals surface area contributed by atoms with Gasteiger partial charge in [0.05, 0.1) is 10.7 Å². The molecule has 0 saturated heterocycles. The molecule has 2 heteroatoms. The van der Waals surface area contributed by atoms with Crippen LogP contribution in [0.5, 0.6) is 0 Å². The lowest BCUT2D eigenvalue weighted by atomic mass is 9.84. The van der Waals surface area contributed by atoms with Gasteiger partial charge in [0.25, 0.3) is 0 Å². The Bertz CT molecular complexity index is 1250. The molecule has 2 nitrogen and oxygen atoms in total. The van der Waals surface area contributed by atoms with E-state index in [0.29, 0.717) is 11.8 Å². The molecule has 2 unspecified atom stereocenters. The first kappa shape index (κ1) is 18.1. The van der Waals surface area contributed by atoms with E-state index in [9.17, 15) is 0 Å². The molecule has 4 rings (SSSR count). The van der Waals surface area contributed by atoms with Gasteiger partial charge in [-0.1, -0.05) is 74.2 Å². The summed E-state index contributed by atoms with van der Waals surface area (Å²) in [6, 6.07) is 14.6. The zero-order chi connectivity index (χ0) is 19.5. The van der Waals surface area contributed by atoms with E-state index in [1.165, 1.54) is 11.1 Å². The average molecular weight is 364 g/mol. The lowest BCUT2D eigenvalue weighted by Crippen LogP contribution is -2.21. The summed E-state index contributed by atoms with van der Waals surface area (Å²) in [6.45, 7) is 8.70. The zero-order valence-electron chi connectivity index (χ0n) is 16.3. The van der Waals surface area contributed by atoms with Crippen LogP contribution in [0, 0.1) is 16.6 Å². The van der Waals surface area contributed by atoms with Crippen molar-refractivity contribution in [2.45, 2.75) is 19.8 Å². The minimum absolute atomic E-state index is 0.311. The highest BCUT2D eigenvalue weighted by Crippen LogP contribution is 2.27. The molecule has 0 amide bonds. The van der Waals surface area contributed by atoms with Gasteiger partial charge in [-0.25, -0.2) is 0 Å². The number of benzene rings is 1. The van der Waals surface area contributed by atoms with Gasteiger partial charge in [-0.3, -0.25) is 9.97 Å². The zero-order valence-corrected chi connectivity index (χ0v) is 16.3. The van der Waals surface area contributed by atoms with E-state index in [-0.39, 0.29) is 0 Å². The standard InChI is InChI=1S/C26H24N2/c1-4-21-24(20-11-6-5-7-12-20)15-17-28-26(21)25-19(3)23(14-16-27-25)22-13-9-8-10-18(22)2/h4-18,22H,3H2,1-2H3/b21-4-,26-25-. The molecular formula is C26H24N2. The number of allylic oxidation sites excluding steroid dienone is 4. The lowest BCUT2D eigenvalue weighted by Gasteiger charge is -2.21. The van der Waals surface area contributed by atoms with Crippen molar-refractivity contribution in [2.75, 3.05) is 0 Å². The second-order valence-corrected chi connectivity index (χ2v) is 7.16. The number of rotatable bonds is 2. The van der Waals surface area contributed by atoms with Crippen LogP contribution < -0.4 is 10.4 Å². The molecule has 28 heavy (non-hydrogen) atoms. The van der Waals surface area contributed by atoms with Crippen molar-refractivity contribution in [3.8, 4) is 11.1 Å². The molecule has 0 spiro atoms. The van der Waals surface area contributed by atoms with Gasteiger partial charge in [-0.2, -0.15) is 0 Å². The van der Waals surface area contributed by atoms with E-state index in [4.69, 9.17) is 4.98 Å². The first-order chi connectivity index (χ1) is 13.7. The Morgan fingerprint density at radius 3 is 2.36 bits per heavy atom. The van der Waals surface area contributed by atoms with Crippen molar-refractivity contribution < 1.29 is 0 Å². The second kappa shape index (κ2) is 7.77. The molecule has 138 valence electrons. The van der Waals surface area contributed by atoms with Crippen LogP contribution in [0.25, 0.3) is 23.8 Å². The highest BCUT2D eigenvalue weighted by Gasteiger charge is 2.17. The summed E-state index contributed by atoms with van der Waals surface area (Å²) >= 11 is 0. The Labute approximate surface area is 165 Å². The fraction of sp³-hybridized carbons (Fsp3) is 0.154. The SMILES string of the molecule is C=c1c(C2C=CC=CC2C)ccn/c1=c1\nccc(-c2ccccc2)\c1=C\C. The monoisotopic (exact) mass is 364 g/mol. The van der Waals surface area contributed by atoms with Gasteiger partial charge < -0.3 is 0 Å². The van der Waals surface area contributed by atoms with Gasteiger partial charge in [0.2, 0.25) is 0 Å². The molecule has 0 aliphatic heterocycles. The van der Waals surface area contributed by atoms with Gasteiger partial charge in [-0.15, -0.1) is 0 Å². The molecule has 0 radical (unpaired) electrons. The highest BCUT2D eigenvalue weighted by molar-refractivity contribution is 5.64. The third-order valence-corrected chi connectivity index (χ3v) is 5.45. The normalized spacial score (nSPS) is 20.4. The topological polar surface area (TPSA) is 25.8 Å². The molecule has 2 heterocycles. The Morgan fingerprint density at radius 2 is 1.61 bits per heavy atom. The average Bonchev–Trinajstić information content (AvgIpc) is 2.74. The molecule has 0 N–H and O–H groups in total. The Hall–Kier alpha value is -3.26. The maximum absolute atomic E-state index is 4.71. The molecule has 0 bridgehead atoms. The molecule has 0 fully saturated rings. The van der Waals surface area contributed by atoms with Crippen molar-refractivity contribution in [3.05, 3.63) is 106 Å². The fourth-order valence-electron chi connectivity index (χ4n) is 3.95. The minimum atomic E-state index is 0.311. The molecule has 1 aliphatic carbocycles. The fourth-order valence-corrected chi connectivity index (χ4v) is 3.95. The summed E-state index contributed by atoms with van der Waals surface area (Å²) < 4.78 is 0. The van der Waals surface area contributed by atoms with Gasteiger partial charge in [0.15, 0.2) is 0 Å². The number of pyridine rings is 2. The summed E-state index contributed by atoms with van der Waals surface area (Å²) in [5.41, 5.74) is 3.55. The van der Waals surface area contributed by atoms with E-state index in [0.717, 1.165) is 26.7 Å². The number of aromatic nitrogens is 2. The minimum Gasteiger partial charge on any atom is -0.254 e. The van der Waals surface area contributed by atoms with Crippen LogP contribution in [0.15, 0.2) is 79.2 Å². The maximum Gasteiger partial charge on any atom is 0.0967 e. The molecule has 1 aromatic carbocycles. The highest BCUT2D eigenvalue weighted by atomic mass is 14.7. The van der Waals surface area contributed by atoms with Crippen molar-refractivity contribution in [2.24, 2.45) is 5.92 Å². The van der Waals surface area contributed by atoms with Crippen LogP contribution in [0.4, 0.5) is 0 Å². The maximum atomic E-state index is 4.71. The summed E-state index contributed by atoms with van der Waals surface area (Å²) in [5, 5.41) is 3.80. The largest absolute Gasteiger partial charge is 0.254 e. The van der Waals surface area contributed by atoms with Gasteiger partial charge >= 0.3 is 0 Å². The molecular weight excluding hydrogens is 340 g/mol. The smallest absolute Gasteiger partial charge is 0.0967 e. The Morgan fingerprint density at radius 1 is 0.893 bits per heavy atom. The Kier molecular flexibility index (Phi) is 5.03. The van der Waals surface area contributed by atoms with E-state index < -0.39 is 0 Å². The second-order valence-electron chi connectivity index (χ2n) is 7.16. The molecule has 2 atom stereocenters. The first-order valence-corrected chi connectivity index (χ1v) is 9.70. The van der Waals surface area contributed by atoms with Crippen LogP contribution >= 0.6 is 0 Å². The van der Waals surface area contributed by atoms with E-state index in [2.05, 4.69) is 92.2 Å². The summed E-state index contributed by atoms with van der Waals surface area (Å²) in [7, 11) is 0. The first-order valence-electron chi connectivity index (χ1n) is 9.70. The Balaban J connectivity index is 2.04. The lowest BCUT2D eigenvalue weighted by molar-refractivity contribution is 0.631. The van der Waals surface area contributed by atoms with E-state index in [1.54, 1.807) is 0 Å². The van der Waals surface area contributed by atoms with Gasteiger partial charge in [0, 0.05) is 23.5 Å². The van der Waals surface area contributed by atoms with Crippen LogP contribution in [0.3, 0.4) is 0 Å². The number of nitrogens with zero attached hydrogens (tertiary/aromatic N) is 2. The summed E-state index contributed by atoms with van der Waals surface area (Å²) in [4.78, 5) is 9.39. The van der Waals surface area contributed by atoms with Crippen LogP contribution in [0.1, 0.15) is 25.3 Å². The number of hydrogen-bond acceptors (Lipinski definition) is 2. The van der Waals surface area contributed by atoms with Gasteiger partial charge in [0.1, 0.15) is 0 Å². The van der Waals surface area contributed by atoms with Crippen molar-refractivity contribution in [1.82, 2.24) is 9.97 Å². The quantitative estimate of drug-likeness (QED) is 0.670. The van der Waals surface area contributed by atoms with Crippen LogP contribution in [-0.2, 0) is 0 Å². The predicted octanol–water partition coefficient (Wildman–Crippen LogP) is 4.49. The number of hydrogen-bond donors (Lipinski definition) is 0. The van der Waals surface area contributed by atoms with Crippen LogP contribution in [0.2, 0.25) is 0 Å². The molecule has 0 saturated carbocycles.